The van der Waals surface area contributed by atoms with Gasteiger partial charge in [-0.3, -0.25) is 4.98 Å². The summed E-state index contributed by atoms with van der Waals surface area (Å²) in [5.41, 5.74) is 0.799. The fourth-order valence-corrected chi connectivity index (χ4v) is 0.894. The van der Waals surface area contributed by atoms with E-state index in [1.807, 2.05) is 0 Å². The van der Waals surface area contributed by atoms with E-state index in [9.17, 15) is 0 Å². The molecule has 1 heterocycles. The highest BCUT2D eigenvalue weighted by Crippen LogP contribution is 2.16. The van der Waals surface area contributed by atoms with Crippen LogP contribution in [0.15, 0.2) is 18.5 Å². The number of hydrogen-bond acceptors (Lipinski definition) is 1. The summed E-state index contributed by atoms with van der Waals surface area (Å²) in [4.78, 5) is 3.78. The molecule has 0 aromatic carbocycles. The number of aromatic nitrogens is 1. The minimum Gasteiger partial charge on any atom is -0.263 e. The van der Waals surface area contributed by atoms with Crippen molar-refractivity contribution in [1.82, 2.24) is 4.98 Å². The van der Waals surface area contributed by atoms with Gasteiger partial charge in [0.15, 0.2) is 0 Å². The zero-order chi connectivity index (χ0) is 6.69. The van der Waals surface area contributed by atoms with Crippen LogP contribution in [0.25, 0.3) is 0 Å². The van der Waals surface area contributed by atoms with Crippen LogP contribution in [0.3, 0.4) is 0 Å². The van der Waals surface area contributed by atoms with E-state index in [1.54, 1.807) is 18.5 Å². The molecule has 1 rings (SSSR count). The molecule has 0 spiro atoms. The minimum absolute atomic E-state index is 0.576. The zero-order valence-electron chi connectivity index (χ0n) is 4.51. The topological polar surface area (TPSA) is 12.9 Å². The molecular formula is C6H4Cl2N. The second-order valence-corrected chi connectivity index (χ2v) is 2.13. The van der Waals surface area contributed by atoms with Gasteiger partial charge >= 0.3 is 0 Å². The van der Waals surface area contributed by atoms with Crippen LogP contribution in [0.1, 0.15) is 5.56 Å². The number of halogens is 2. The first kappa shape index (κ1) is 6.84. The van der Waals surface area contributed by atoms with Crippen LogP contribution in [-0.4, -0.2) is 4.98 Å². The highest BCUT2D eigenvalue weighted by Gasteiger charge is 1.94. The van der Waals surface area contributed by atoms with E-state index in [4.69, 9.17) is 23.2 Å². The summed E-state index contributed by atoms with van der Waals surface area (Å²) in [6.45, 7) is 0. The van der Waals surface area contributed by atoms with Gasteiger partial charge in [-0.25, -0.2) is 0 Å². The summed E-state index contributed by atoms with van der Waals surface area (Å²) in [5.74, 6) is 1.42. The standard InChI is InChI=1S/C6H4Cl2N/c7-3-5-1-2-9-4-6(5)8/h1-4H. The molecule has 0 bridgehead atoms. The quantitative estimate of drug-likeness (QED) is 0.616. The summed E-state index contributed by atoms with van der Waals surface area (Å²) >= 11 is 11.0. The molecule has 0 saturated heterocycles. The lowest BCUT2D eigenvalue weighted by Gasteiger charge is -1.93. The molecule has 47 valence electrons. The molecule has 0 aliphatic heterocycles. The smallest absolute Gasteiger partial charge is 0.0806 e. The highest BCUT2D eigenvalue weighted by atomic mass is 35.5. The molecule has 1 aromatic rings. The third-order valence-corrected chi connectivity index (χ3v) is 1.47. The van der Waals surface area contributed by atoms with Gasteiger partial charge in [0.2, 0.25) is 0 Å². The monoisotopic (exact) mass is 160 g/mol. The normalized spacial score (nSPS) is 9.56. The van der Waals surface area contributed by atoms with Gasteiger partial charge in [0, 0.05) is 12.4 Å². The molecule has 0 unspecified atom stereocenters. The Morgan fingerprint density at radius 2 is 2.33 bits per heavy atom. The van der Waals surface area contributed by atoms with Crippen molar-refractivity contribution in [2.75, 3.05) is 0 Å². The third kappa shape index (κ3) is 1.57. The molecule has 0 fully saturated rings. The fourth-order valence-electron chi connectivity index (χ4n) is 0.474. The average Bonchev–Trinajstić information content (AvgIpc) is 1.89. The molecule has 1 nitrogen and oxygen atoms in total. The third-order valence-electron chi connectivity index (χ3n) is 0.921. The van der Waals surface area contributed by atoms with Crippen molar-refractivity contribution < 1.29 is 0 Å². The molecule has 3 heteroatoms. The molecule has 0 amide bonds. The van der Waals surface area contributed by atoms with Gasteiger partial charge in [-0.2, -0.15) is 0 Å². The first-order valence-corrected chi connectivity index (χ1v) is 3.19. The van der Waals surface area contributed by atoms with Gasteiger partial charge in [0.1, 0.15) is 0 Å². The maximum absolute atomic E-state index is 5.65. The molecule has 9 heavy (non-hydrogen) atoms. The zero-order valence-corrected chi connectivity index (χ0v) is 6.02. The lowest BCUT2D eigenvalue weighted by Crippen LogP contribution is -1.77. The minimum atomic E-state index is 0.576. The molecule has 0 N–H and O–H groups in total. The molecule has 1 aromatic heterocycles. The van der Waals surface area contributed by atoms with Crippen molar-refractivity contribution in [2.45, 2.75) is 0 Å². The lowest BCUT2D eigenvalue weighted by atomic mass is 10.3. The van der Waals surface area contributed by atoms with Crippen molar-refractivity contribution in [3.05, 3.63) is 34.9 Å². The van der Waals surface area contributed by atoms with E-state index in [0.717, 1.165) is 5.56 Å². The number of hydrogen-bond donors (Lipinski definition) is 0. The molecule has 0 aliphatic rings. The predicted molar refractivity (Wildman–Crippen MR) is 38.5 cm³/mol. The SMILES string of the molecule is Cl[CH]c1ccncc1Cl. The second-order valence-electron chi connectivity index (χ2n) is 1.51. The van der Waals surface area contributed by atoms with Crippen molar-refractivity contribution in [2.24, 2.45) is 0 Å². The summed E-state index contributed by atoms with van der Waals surface area (Å²) in [7, 11) is 0. The van der Waals surface area contributed by atoms with Crippen molar-refractivity contribution in [3.8, 4) is 0 Å². The van der Waals surface area contributed by atoms with Gasteiger partial charge in [-0.1, -0.05) is 11.6 Å². The summed E-state index contributed by atoms with van der Waals surface area (Å²) in [6.07, 6.45) is 3.19. The van der Waals surface area contributed by atoms with Crippen molar-refractivity contribution >= 4 is 23.2 Å². The van der Waals surface area contributed by atoms with Gasteiger partial charge in [-0.05, 0) is 11.6 Å². The van der Waals surface area contributed by atoms with Gasteiger partial charge < -0.3 is 0 Å². The Balaban J connectivity index is 3.01. The maximum Gasteiger partial charge on any atom is 0.0806 e. The van der Waals surface area contributed by atoms with E-state index >= 15 is 0 Å². The van der Waals surface area contributed by atoms with E-state index in [-0.39, 0.29) is 0 Å². The number of rotatable bonds is 1. The predicted octanol–water partition coefficient (Wildman–Crippen LogP) is 2.48. The molecule has 0 aliphatic carbocycles. The van der Waals surface area contributed by atoms with Crippen LogP contribution >= 0.6 is 23.2 Å². The summed E-state index contributed by atoms with van der Waals surface area (Å²) in [5, 5.41) is 0.576. The average molecular weight is 161 g/mol. The lowest BCUT2D eigenvalue weighted by molar-refractivity contribution is 1.31. The Hall–Kier alpha value is -0.270. The summed E-state index contributed by atoms with van der Waals surface area (Å²) in [6, 6.07) is 1.75. The fraction of sp³-hybridized carbons (Fsp3) is 0. The van der Waals surface area contributed by atoms with E-state index < -0.39 is 0 Å². The Kier molecular flexibility index (Phi) is 2.31. The molecule has 0 atom stereocenters. The van der Waals surface area contributed by atoms with Gasteiger partial charge in [0.05, 0.1) is 10.9 Å². The first-order chi connectivity index (χ1) is 4.34. The van der Waals surface area contributed by atoms with E-state index in [0.29, 0.717) is 5.02 Å². The Morgan fingerprint density at radius 1 is 1.56 bits per heavy atom. The second kappa shape index (κ2) is 3.04. The molecular weight excluding hydrogens is 157 g/mol. The Labute approximate surface area is 63.6 Å². The largest absolute Gasteiger partial charge is 0.263 e. The number of nitrogens with zero attached hydrogens (tertiary/aromatic N) is 1. The molecule has 1 radical (unpaired) electrons. The van der Waals surface area contributed by atoms with Crippen LogP contribution < -0.4 is 0 Å². The van der Waals surface area contributed by atoms with Crippen molar-refractivity contribution in [1.29, 1.82) is 0 Å². The van der Waals surface area contributed by atoms with E-state index in [2.05, 4.69) is 4.98 Å². The van der Waals surface area contributed by atoms with Gasteiger partial charge in [-0.15, -0.1) is 11.6 Å². The summed E-state index contributed by atoms with van der Waals surface area (Å²) < 4.78 is 0. The highest BCUT2D eigenvalue weighted by molar-refractivity contribution is 6.33. The van der Waals surface area contributed by atoms with Crippen LogP contribution in [0, 0.1) is 5.88 Å². The molecule has 0 saturated carbocycles. The van der Waals surface area contributed by atoms with Crippen LogP contribution in [0.5, 0.6) is 0 Å². The van der Waals surface area contributed by atoms with E-state index in [1.165, 1.54) is 5.88 Å². The maximum atomic E-state index is 5.65. The van der Waals surface area contributed by atoms with Crippen LogP contribution in [0.2, 0.25) is 5.02 Å². The first-order valence-electron chi connectivity index (χ1n) is 2.37. The van der Waals surface area contributed by atoms with Crippen LogP contribution in [0.4, 0.5) is 0 Å². The van der Waals surface area contributed by atoms with Crippen LogP contribution in [-0.2, 0) is 0 Å². The Morgan fingerprint density at radius 3 is 2.78 bits per heavy atom. The number of pyridine rings is 1. The Bertz CT molecular complexity index is 200. The van der Waals surface area contributed by atoms with Gasteiger partial charge in [0.25, 0.3) is 0 Å². The van der Waals surface area contributed by atoms with Crippen molar-refractivity contribution in [3.63, 3.8) is 0 Å².